The van der Waals surface area contributed by atoms with Crippen LogP contribution >= 0.6 is 0 Å². The number of rotatable bonds is 2. The zero-order valence-electron chi connectivity index (χ0n) is 9.91. The van der Waals surface area contributed by atoms with Gasteiger partial charge in [-0.3, -0.25) is 0 Å². The molecule has 2 N–H and O–H groups in total. The van der Waals surface area contributed by atoms with Crippen LogP contribution in [0.1, 0.15) is 19.3 Å². The predicted octanol–water partition coefficient (Wildman–Crippen LogP) is 2.69. The van der Waals surface area contributed by atoms with Crippen LogP contribution in [0.5, 0.6) is 5.75 Å². The summed E-state index contributed by atoms with van der Waals surface area (Å²) < 4.78 is 6.15. The van der Waals surface area contributed by atoms with Crippen molar-refractivity contribution in [3.63, 3.8) is 0 Å². The van der Waals surface area contributed by atoms with Gasteiger partial charge in [-0.25, -0.2) is 0 Å². The van der Waals surface area contributed by atoms with Gasteiger partial charge in [-0.15, -0.1) is 0 Å². The van der Waals surface area contributed by atoms with Crippen LogP contribution < -0.4 is 10.1 Å². The van der Waals surface area contributed by atoms with Crippen LogP contribution in [0.2, 0.25) is 0 Å². The molecule has 0 radical (unpaired) electrons. The van der Waals surface area contributed by atoms with Gasteiger partial charge in [0.25, 0.3) is 0 Å². The Morgan fingerprint density at radius 3 is 3.12 bits per heavy atom. The van der Waals surface area contributed by atoms with Crippen molar-refractivity contribution in [2.45, 2.75) is 25.4 Å². The molecule has 0 spiro atoms. The Morgan fingerprint density at radius 1 is 1.12 bits per heavy atom. The SMILES string of the molecule is c1cc(OC2CCCNCC2)c2cc[nH]c2c1. The third kappa shape index (κ3) is 2.29. The first kappa shape index (κ1) is 10.7. The minimum Gasteiger partial charge on any atom is -0.490 e. The van der Waals surface area contributed by atoms with Gasteiger partial charge in [0.05, 0.1) is 6.10 Å². The highest BCUT2D eigenvalue weighted by atomic mass is 16.5. The Hall–Kier alpha value is -1.48. The van der Waals surface area contributed by atoms with Gasteiger partial charge < -0.3 is 15.0 Å². The van der Waals surface area contributed by atoms with E-state index in [2.05, 4.69) is 28.5 Å². The number of aromatic nitrogens is 1. The van der Waals surface area contributed by atoms with Crippen LogP contribution in [0.25, 0.3) is 10.9 Å². The molecule has 0 bridgehead atoms. The Kier molecular flexibility index (Phi) is 3.01. The molecule has 1 atom stereocenters. The van der Waals surface area contributed by atoms with E-state index in [1.54, 1.807) is 0 Å². The molecule has 3 nitrogen and oxygen atoms in total. The monoisotopic (exact) mass is 230 g/mol. The summed E-state index contributed by atoms with van der Waals surface area (Å²) in [5.74, 6) is 1.01. The van der Waals surface area contributed by atoms with Gasteiger partial charge in [0, 0.05) is 17.1 Å². The molecule has 1 aromatic heterocycles. The molecule has 0 saturated carbocycles. The number of benzene rings is 1. The molecule has 2 aromatic rings. The molecule has 90 valence electrons. The van der Waals surface area contributed by atoms with E-state index in [0.717, 1.165) is 37.2 Å². The summed E-state index contributed by atoms with van der Waals surface area (Å²) in [6, 6.07) is 8.27. The maximum atomic E-state index is 6.15. The van der Waals surface area contributed by atoms with Gasteiger partial charge >= 0.3 is 0 Å². The highest BCUT2D eigenvalue weighted by molar-refractivity contribution is 5.85. The molecule has 1 aliphatic rings. The van der Waals surface area contributed by atoms with Crippen molar-refractivity contribution >= 4 is 10.9 Å². The van der Waals surface area contributed by atoms with Crippen LogP contribution in [0.15, 0.2) is 30.5 Å². The molecule has 0 aliphatic carbocycles. The number of hydrogen-bond acceptors (Lipinski definition) is 2. The molecule has 1 aromatic carbocycles. The lowest BCUT2D eigenvalue weighted by molar-refractivity contribution is 0.190. The van der Waals surface area contributed by atoms with Crippen molar-refractivity contribution in [2.24, 2.45) is 0 Å². The summed E-state index contributed by atoms with van der Waals surface area (Å²) in [5.41, 5.74) is 1.15. The highest BCUT2D eigenvalue weighted by Gasteiger charge is 2.14. The van der Waals surface area contributed by atoms with Crippen LogP contribution in [0.4, 0.5) is 0 Å². The van der Waals surface area contributed by atoms with Crippen molar-refractivity contribution in [1.82, 2.24) is 10.3 Å². The standard InChI is InChI=1S/C14H18N2O/c1-4-13-12(7-10-16-13)14(5-1)17-11-3-2-8-15-9-6-11/h1,4-5,7,10-11,15-16H,2-3,6,8-9H2. The number of H-pyrrole nitrogens is 1. The first-order chi connectivity index (χ1) is 8.43. The zero-order chi connectivity index (χ0) is 11.5. The fourth-order valence-corrected chi connectivity index (χ4v) is 2.44. The average molecular weight is 230 g/mol. The zero-order valence-corrected chi connectivity index (χ0v) is 9.91. The van der Waals surface area contributed by atoms with Crippen molar-refractivity contribution < 1.29 is 4.74 Å². The fraction of sp³-hybridized carbons (Fsp3) is 0.429. The van der Waals surface area contributed by atoms with Crippen LogP contribution in [0.3, 0.4) is 0 Å². The molecule has 1 unspecified atom stereocenters. The average Bonchev–Trinajstić information content (AvgIpc) is 2.69. The van der Waals surface area contributed by atoms with E-state index in [9.17, 15) is 0 Å². The van der Waals surface area contributed by atoms with E-state index in [-0.39, 0.29) is 0 Å². The maximum Gasteiger partial charge on any atom is 0.129 e. The second kappa shape index (κ2) is 4.80. The van der Waals surface area contributed by atoms with Gasteiger partial charge in [-0.1, -0.05) is 6.07 Å². The topological polar surface area (TPSA) is 37.0 Å². The van der Waals surface area contributed by atoms with E-state index < -0.39 is 0 Å². The van der Waals surface area contributed by atoms with Gasteiger partial charge in [-0.05, 0) is 50.6 Å². The molecule has 17 heavy (non-hydrogen) atoms. The van der Waals surface area contributed by atoms with Crippen molar-refractivity contribution in [3.05, 3.63) is 30.5 Å². The Morgan fingerprint density at radius 2 is 2.12 bits per heavy atom. The van der Waals surface area contributed by atoms with Crippen LogP contribution in [0, 0.1) is 0 Å². The molecular formula is C14H18N2O. The number of aromatic amines is 1. The molecular weight excluding hydrogens is 212 g/mol. The molecule has 1 fully saturated rings. The fourth-order valence-electron chi connectivity index (χ4n) is 2.44. The summed E-state index contributed by atoms with van der Waals surface area (Å²) >= 11 is 0. The molecule has 3 heteroatoms. The van der Waals surface area contributed by atoms with Crippen molar-refractivity contribution in [3.8, 4) is 5.75 Å². The first-order valence-electron chi connectivity index (χ1n) is 6.37. The van der Waals surface area contributed by atoms with E-state index in [4.69, 9.17) is 4.74 Å². The smallest absolute Gasteiger partial charge is 0.129 e. The van der Waals surface area contributed by atoms with Crippen molar-refractivity contribution in [1.29, 1.82) is 0 Å². The summed E-state index contributed by atoms with van der Waals surface area (Å²) in [5, 5.41) is 4.59. The Balaban J connectivity index is 1.81. The van der Waals surface area contributed by atoms with Crippen LogP contribution in [-0.4, -0.2) is 24.2 Å². The second-order valence-corrected chi connectivity index (χ2v) is 4.62. The summed E-state index contributed by atoms with van der Waals surface area (Å²) in [7, 11) is 0. The lowest BCUT2D eigenvalue weighted by atomic mass is 10.1. The Labute approximate surface area is 101 Å². The second-order valence-electron chi connectivity index (χ2n) is 4.62. The summed E-state index contributed by atoms with van der Waals surface area (Å²) in [6.07, 6.45) is 5.76. The van der Waals surface area contributed by atoms with Crippen molar-refractivity contribution in [2.75, 3.05) is 13.1 Å². The lowest BCUT2D eigenvalue weighted by Crippen LogP contribution is -2.19. The molecule has 3 rings (SSSR count). The molecule has 0 amide bonds. The highest BCUT2D eigenvalue weighted by Crippen LogP contribution is 2.26. The molecule has 1 saturated heterocycles. The number of fused-ring (bicyclic) bond motifs is 1. The number of nitrogens with one attached hydrogen (secondary N) is 2. The quantitative estimate of drug-likeness (QED) is 0.832. The van der Waals surface area contributed by atoms with Crippen LogP contribution in [-0.2, 0) is 0 Å². The number of hydrogen-bond donors (Lipinski definition) is 2. The minimum absolute atomic E-state index is 0.352. The molecule has 1 aliphatic heterocycles. The third-order valence-corrected chi connectivity index (χ3v) is 3.37. The van der Waals surface area contributed by atoms with E-state index in [1.807, 2.05) is 12.3 Å². The van der Waals surface area contributed by atoms with Gasteiger partial charge in [0.1, 0.15) is 5.75 Å². The lowest BCUT2D eigenvalue weighted by Gasteiger charge is -2.17. The number of ether oxygens (including phenoxy) is 1. The predicted molar refractivity (Wildman–Crippen MR) is 69.4 cm³/mol. The van der Waals surface area contributed by atoms with Gasteiger partial charge in [0.2, 0.25) is 0 Å². The summed E-state index contributed by atoms with van der Waals surface area (Å²) in [6.45, 7) is 2.18. The van der Waals surface area contributed by atoms with E-state index in [0.29, 0.717) is 6.10 Å². The summed E-state index contributed by atoms with van der Waals surface area (Å²) in [4.78, 5) is 3.22. The van der Waals surface area contributed by atoms with E-state index in [1.165, 1.54) is 11.8 Å². The molecule has 2 heterocycles. The maximum absolute atomic E-state index is 6.15. The minimum atomic E-state index is 0.352. The normalized spacial score (nSPS) is 21.3. The van der Waals surface area contributed by atoms with E-state index >= 15 is 0 Å². The Bertz CT molecular complexity index is 484. The largest absolute Gasteiger partial charge is 0.490 e. The first-order valence-corrected chi connectivity index (χ1v) is 6.37. The van der Waals surface area contributed by atoms with Gasteiger partial charge in [-0.2, -0.15) is 0 Å². The third-order valence-electron chi connectivity index (χ3n) is 3.37. The van der Waals surface area contributed by atoms with Gasteiger partial charge in [0.15, 0.2) is 0 Å².